The Bertz CT molecular complexity index is 594. The third kappa shape index (κ3) is 7.46. The van der Waals surface area contributed by atoms with Crippen molar-refractivity contribution in [2.45, 2.75) is 57.7 Å². The van der Waals surface area contributed by atoms with Crippen LogP contribution in [0, 0.1) is 23.5 Å². The van der Waals surface area contributed by atoms with Gasteiger partial charge in [-0.15, -0.1) is 13.2 Å². The highest BCUT2D eigenvalue weighted by atomic mass is 19.4. The Balaban J connectivity index is 1.81. The molecule has 1 aliphatic rings. The number of aryl methyl sites for hydroxylation is 1. The van der Waals surface area contributed by atoms with Gasteiger partial charge >= 0.3 is 6.36 Å². The Morgan fingerprint density at radius 2 is 1.67 bits per heavy atom. The quantitative estimate of drug-likeness (QED) is 0.264. The van der Waals surface area contributed by atoms with Crippen LogP contribution in [0.15, 0.2) is 24.3 Å². The van der Waals surface area contributed by atoms with Crippen molar-refractivity contribution < 1.29 is 31.1 Å². The lowest BCUT2D eigenvalue weighted by atomic mass is 9.79. The average Bonchev–Trinajstić information content (AvgIpc) is 2.60. The summed E-state index contributed by atoms with van der Waals surface area (Å²) in [6, 6.07) is 1.81. The van der Waals surface area contributed by atoms with Crippen LogP contribution >= 0.6 is 0 Å². The number of ether oxygens (including phenoxy) is 1. The van der Waals surface area contributed by atoms with Gasteiger partial charge in [0.25, 0.3) is 0 Å². The molecule has 0 atom stereocenters. The van der Waals surface area contributed by atoms with Crippen molar-refractivity contribution in [2.75, 3.05) is 6.67 Å². The molecule has 2 rings (SSSR count). The molecule has 0 aliphatic heterocycles. The second-order valence-electron chi connectivity index (χ2n) is 7.02. The van der Waals surface area contributed by atoms with Gasteiger partial charge in [0.05, 0.1) is 6.67 Å². The summed E-state index contributed by atoms with van der Waals surface area (Å²) in [5, 5.41) is 0. The van der Waals surface area contributed by atoms with Crippen LogP contribution in [0.4, 0.5) is 26.3 Å². The molecule has 0 bridgehead atoms. The zero-order valence-electron chi connectivity index (χ0n) is 15.0. The Labute approximate surface area is 155 Å². The van der Waals surface area contributed by atoms with E-state index in [1.165, 1.54) is 0 Å². The molecule has 1 saturated carbocycles. The number of rotatable bonds is 8. The molecule has 1 aromatic carbocycles. The van der Waals surface area contributed by atoms with Crippen molar-refractivity contribution in [3.05, 3.63) is 41.5 Å². The van der Waals surface area contributed by atoms with Gasteiger partial charge in [-0.1, -0.05) is 12.2 Å². The van der Waals surface area contributed by atoms with Gasteiger partial charge in [-0.05, 0) is 80.9 Å². The molecular formula is C20H24F6O. The lowest BCUT2D eigenvalue weighted by Gasteiger charge is -2.26. The van der Waals surface area contributed by atoms with E-state index in [9.17, 15) is 26.3 Å². The SMILES string of the molecule is FCCC/C=C/C1CCC(CCc2cc(F)c(OC(F)(F)F)c(F)c2)CC1. The fourth-order valence-corrected chi connectivity index (χ4v) is 3.49. The van der Waals surface area contributed by atoms with Gasteiger partial charge < -0.3 is 4.74 Å². The second-order valence-corrected chi connectivity index (χ2v) is 7.02. The van der Waals surface area contributed by atoms with Crippen LogP contribution in [0.2, 0.25) is 0 Å². The molecule has 1 aliphatic carbocycles. The van der Waals surface area contributed by atoms with Crippen molar-refractivity contribution in [2.24, 2.45) is 11.8 Å². The number of benzene rings is 1. The smallest absolute Gasteiger partial charge is 0.399 e. The molecule has 0 radical (unpaired) electrons. The number of unbranched alkanes of at least 4 members (excludes halogenated alkanes) is 1. The number of halogens is 6. The predicted octanol–water partition coefficient (Wildman–Crippen LogP) is 6.91. The van der Waals surface area contributed by atoms with E-state index in [0.717, 1.165) is 50.7 Å². The van der Waals surface area contributed by atoms with E-state index in [1.54, 1.807) is 0 Å². The lowest BCUT2D eigenvalue weighted by molar-refractivity contribution is -0.276. The van der Waals surface area contributed by atoms with E-state index < -0.39 is 23.7 Å². The van der Waals surface area contributed by atoms with Crippen LogP contribution in [0.3, 0.4) is 0 Å². The lowest BCUT2D eigenvalue weighted by Crippen LogP contribution is -2.19. The van der Waals surface area contributed by atoms with E-state index in [-0.39, 0.29) is 6.67 Å². The third-order valence-electron chi connectivity index (χ3n) is 4.92. The Morgan fingerprint density at radius 3 is 2.22 bits per heavy atom. The summed E-state index contributed by atoms with van der Waals surface area (Å²) in [7, 11) is 0. The van der Waals surface area contributed by atoms with Gasteiger partial charge in [0.15, 0.2) is 11.6 Å². The fraction of sp³-hybridized carbons (Fsp3) is 0.600. The second kappa shape index (κ2) is 10.0. The number of hydrogen-bond acceptors (Lipinski definition) is 1. The molecular weight excluding hydrogens is 370 g/mol. The largest absolute Gasteiger partial charge is 0.573 e. The highest BCUT2D eigenvalue weighted by molar-refractivity contribution is 5.31. The minimum absolute atomic E-state index is 0.304. The van der Waals surface area contributed by atoms with Crippen molar-refractivity contribution in [1.82, 2.24) is 0 Å². The molecule has 7 heteroatoms. The minimum Gasteiger partial charge on any atom is -0.399 e. The first-order valence-corrected chi connectivity index (χ1v) is 9.24. The normalized spacial score (nSPS) is 21.0. The maximum Gasteiger partial charge on any atom is 0.573 e. The zero-order chi connectivity index (χ0) is 19.9. The Kier molecular flexibility index (Phi) is 8.05. The van der Waals surface area contributed by atoms with Gasteiger partial charge in [-0.2, -0.15) is 0 Å². The molecule has 1 fully saturated rings. The van der Waals surface area contributed by atoms with E-state index in [4.69, 9.17) is 0 Å². The van der Waals surface area contributed by atoms with Crippen LogP contribution in [0.25, 0.3) is 0 Å². The predicted molar refractivity (Wildman–Crippen MR) is 91.2 cm³/mol. The Hall–Kier alpha value is -1.66. The topological polar surface area (TPSA) is 9.23 Å². The monoisotopic (exact) mass is 394 g/mol. The first-order chi connectivity index (χ1) is 12.8. The summed E-state index contributed by atoms with van der Waals surface area (Å²) < 4.78 is 79.4. The summed E-state index contributed by atoms with van der Waals surface area (Å²) in [5.74, 6) is -3.17. The van der Waals surface area contributed by atoms with Crippen LogP contribution in [0.5, 0.6) is 5.75 Å². The highest BCUT2D eigenvalue weighted by Crippen LogP contribution is 2.34. The maximum absolute atomic E-state index is 13.7. The molecule has 0 heterocycles. The molecule has 27 heavy (non-hydrogen) atoms. The van der Waals surface area contributed by atoms with Gasteiger partial charge in [0.2, 0.25) is 5.75 Å². The maximum atomic E-state index is 13.7. The molecule has 0 N–H and O–H groups in total. The molecule has 0 spiro atoms. The summed E-state index contributed by atoms with van der Waals surface area (Å²) in [6.45, 7) is -0.304. The molecule has 1 aromatic rings. The van der Waals surface area contributed by atoms with Crippen LogP contribution in [-0.4, -0.2) is 13.0 Å². The fourth-order valence-electron chi connectivity index (χ4n) is 3.49. The summed E-state index contributed by atoms with van der Waals surface area (Å²) in [4.78, 5) is 0. The van der Waals surface area contributed by atoms with Gasteiger partial charge in [0, 0.05) is 0 Å². The molecule has 0 saturated heterocycles. The van der Waals surface area contributed by atoms with Crippen molar-refractivity contribution in [3.63, 3.8) is 0 Å². The van der Waals surface area contributed by atoms with Crippen molar-refractivity contribution in [3.8, 4) is 5.75 Å². The van der Waals surface area contributed by atoms with Gasteiger partial charge in [-0.3, -0.25) is 4.39 Å². The molecule has 0 amide bonds. The van der Waals surface area contributed by atoms with E-state index >= 15 is 0 Å². The van der Waals surface area contributed by atoms with Gasteiger partial charge in [0.1, 0.15) is 0 Å². The van der Waals surface area contributed by atoms with Crippen molar-refractivity contribution >= 4 is 0 Å². The van der Waals surface area contributed by atoms with E-state index in [0.29, 0.717) is 30.2 Å². The first-order valence-electron chi connectivity index (χ1n) is 9.24. The standard InChI is InChI=1S/C20H24F6O/c21-11-3-1-2-4-14-5-7-15(8-6-14)9-10-16-12-17(22)19(18(23)13-16)27-20(24,25)26/h2,4,12-15H,1,3,5-11H2/b4-2+. The summed E-state index contributed by atoms with van der Waals surface area (Å²) in [5.41, 5.74) is 0.327. The van der Waals surface area contributed by atoms with Crippen molar-refractivity contribution in [1.29, 1.82) is 0 Å². The Morgan fingerprint density at radius 1 is 1.04 bits per heavy atom. The zero-order valence-corrected chi connectivity index (χ0v) is 15.0. The number of hydrogen-bond donors (Lipinski definition) is 0. The molecule has 0 aromatic heterocycles. The number of allylic oxidation sites excluding steroid dienone is 2. The molecule has 152 valence electrons. The van der Waals surface area contributed by atoms with E-state index in [2.05, 4.69) is 10.8 Å². The van der Waals surface area contributed by atoms with Gasteiger partial charge in [-0.25, -0.2) is 8.78 Å². The molecule has 1 nitrogen and oxygen atoms in total. The average molecular weight is 394 g/mol. The highest BCUT2D eigenvalue weighted by Gasteiger charge is 2.34. The van der Waals surface area contributed by atoms with Crippen LogP contribution in [-0.2, 0) is 6.42 Å². The third-order valence-corrected chi connectivity index (χ3v) is 4.92. The van der Waals surface area contributed by atoms with Crippen LogP contribution < -0.4 is 4.74 Å². The summed E-state index contributed by atoms with van der Waals surface area (Å²) >= 11 is 0. The number of alkyl halides is 4. The summed E-state index contributed by atoms with van der Waals surface area (Å²) in [6.07, 6.45) is 5.52. The van der Waals surface area contributed by atoms with Crippen LogP contribution in [0.1, 0.15) is 50.5 Å². The molecule has 0 unspecified atom stereocenters. The first kappa shape index (κ1) is 21.6. The minimum atomic E-state index is -5.14. The van der Waals surface area contributed by atoms with E-state index in [1.807, 2.05) is 6.08 Å².